The molecular formula is C9H16N. The van der Waals surface area contributed by atoms with Gasteiger partial charge in [-0.3, -0.25) is 5.32 Å². The lowest BCUT2D eigenvalue weighted by atomic mass is 10.1. The molecule has 1 rings (SSSR count). The number of nitrogens with zero attached hydrogens (tertiary/aromatic N) is 1. The van der Waals surface area contributed by atoms with Crippen LogP contribution in [0.4, 0.5) is 0 Å². The second kappa shape index (κ2) is 5.33. The Morgan fingerprint density at radius 3 is 2.70 bits per heavy atom. The van der Waals surface area contributed by atoms with E-state index in [0.717, 1.165) is 6.54 Å². The normalized spacial score (nSPS) is 24.8. The van der Waals surface area contributed by atoms with Crippen molar-refractivity contribution < 1.29 is 0 Å². The Balaban J connectivity index is 2.13. The van der Waals surface area contributed by atoms with Crippen molar-refractivity contribution in [3.63, 3.8) is 0 Å². The second-order valence-corrected chi connectivity index (χ2v) is 2.85. The van der Waals surface area contributed by atoms with Crippen LogP contribution in [0.25, 0.3) is 0 Å². The summed E-state index contributed by atoms with van der Waals surface area (Å²) in [5.74, 6) is 0. The first kappa shape index (κ1) is 7.64. The highest BCUT2D eigenvalue weighted by atomic mass is 14.8. The molecule has 0 spiro atoms. The Hall–Kier alpha value is -0.460. The molecule has 1 heterocycles. The average molecular weight is 138 g/mol. The molecule has 1 nitrogen and oxygen atoms in total. The lowest BCUT2D eigenvalue weighted by molar-refractivity contribution is 0.594. The first-order valence-corrected chi connectivity index (χ1v) is 4.32. The zero-order valence-corrected chi connectivity index (χ0v) is 6.55. The Kier molecular flexibility index (Phi) is 4.08. The van der Waals surface area contributed by atoms with Crippen molar-refractivity contribution in [2.24, 2.45) is 0 Å². The largest absolute Gasteiger partial charge is 0.294 e. The van der Waals surface area contributed by atoms with E-state index in [-0.39, 0.29) is 0 Å². The minimum atomic E-state index is 1.04. The molecule has 1 aliphatic heterocycles. The number of hydrogen-bond donors (Lipinski definition) is 0. The summed E-state index contributed by atoms with van der Waals surface area (Å²) in [5, 5.41) is 4.25. The van der Waals surface area contributed by atoms with Gasteiger partial charge < -0.3 is 0 Å². The van der Waals surface area contributed by atoms with Crippen LogP contribution in [0.15, 0.2) is 12.3 Å². The number of rotatable bonds is 0. The van der Waals surface area contributed by atoms with Crippen molar-refractivity contribution in [2.45, 2.75) is 38.5 Å². The van der Waals surface area contributed by atoms with Crippen LogP contribution in [0.2, 0.25) is 0 Å². The van der Waals surface area contributed by atoms with Gasteiger partial charge in [0.15, 0.2) is 0 Å². The highest BCUT2D eigenvalue weighted by Gasteiger charge is 1.91. The third kappa shape index (κ3) is 3.54. The first-order chi connectivity index (χ1) is 5.00. The minimum absolute atomic E-state index is 1.04. The molecule has 1 radical (unpaired) electrons. The molecule has 0 bridgehead atoms. The quantitative estimate of drug-likeness (QED) is 0.488. The summed E-state index contributed by atoms with van der Waals surface area (Å²) in [6.07, 6.45) is 12.2. The maximum absolute atomic E-state index is 4.25. The standard InChI is InChI=1S/C9H16N/c1-2-4-6-8-10-9-7-5-3-1/h6,8H,1-5,7,9H2/b8-6-. The highest BCUT2D eigenvalue weighted by Crippen LogP contribution is 2.06. The Morgan fingerprint density at radius 2 is 1.70 bits per heavy atom. The Bertz CT molecular complexity index is 84.9. The summed E-state index contributed by atoms with van der Waals surface area (Å²) in [7, 11) is 0. The first-order valence-electron chi connectivity index (χ1n) is 4.32. The molecule has 0 fully saturated rings. The Morgan fingerprint density at radius 1 is 0.900 bits per heavy atom. The zero-order valence-electron chi connectivity index (χ0n) is 6.55. The fraction of sp³-hybridized carbons (Fsp3) is 0.778. The summed E-state index contributed by atoms with van der Waals surface area (Å²) < 4.78 is 0. The van der Waals surface area contributed by atoms with Crippen LogP contribution in [0.1, 0.15) is 38.5 Å². The van der Waals surface area contributed by atoms with E-state index in [4.69, 9.17) is 0 Å². The van der Waals surface area contributed by atoms with Gasteiger partial charge in [0.1, 0.15) is 0 Å². The summed E-state index contributed by atoms with van der Waals surface area (Å²) in [5.41, 5.74) is 0. The molecule has 0 saturated heterocycles. The van der Waals surface area contributed by atoms with Crippen LogP contribution in [-0.2, 0) is 0 Å². The van der Waals surface area contributed by atoms with Gasteiger partial charge in [0.05, 0.1) is 0 Å². The molecule has 0 amide bonds. The number of hydrogen-bond acceptors (Lipinski definition) is 0. The molecule has 0 saturated carbocycles. The van der Waals surface area contributed by atoms with E-state index in [2.05, 4.69) is 11.4 Å². The van der Waals surface area contributed by atoms with Crippen LogP contribution in [0.5, 0.6) is 0 Å². The van der Waals surface area contributed by atoms with Gasteiger partial charge >= 0.3 is 0 Å². The maximum Gasteiger partial charge on any atom is 0.0389 e. The summed E-state index contributed by atoms with van der Waals surface area (Å²) in [4.78, 5) is 0. The summed E-state index contributed by atoms with van der Waals surface area (Å²) in [6, 6.07) is 0. The van der Waals surface area contributed by atoms with Gasteiger partial charge in [0.2, 0.25) is 0 Å². The monoisotopic (exact) mass is 138 g/mol. The summed E-state index contributed by atoms with van der Waals surface area (Å²) in [6.45, 7) is 1.04. The summed E-state index contributed by atoms with van der Waals surface area (Å²) >= 11 is 0. The minimum Gasteiger partial charge on any atom is -0.294 e. The third-order valence-electron chi connectivity index (χ3n) is 1.87. The van der Waals surface area contributed by atoms with E-state index >= 15 is 0 Å². The van der Waals surface area contributed by atoms with Crippen molar-refractivity contribution in [2.75, 3.05) is 6.54 Å². The highest BCUT2D eigenvalue weighted by molar-refractivity contribution is 4.79. The zero-order chi connectivity index (χ0) is 7.07. The van der Waals surface area contributed by atoms with Crippen molar-refractivity contribution in [1.29, 1.82) is 0 Å². The van der Waals surface area contributed by atoms with Crippen molar-refractivity contribution in [3.8, 4) is 0 Å². The van der Waals surface area contributed by atoms with E-state index in [1.165, 1.54) is 38.5 Å². The lowest BCUT2D eigenvalue weighted by Crippen LogP contribution is -1.99. The van der Waals surface area contributed by atoms with E-state index < -0.39 is 0 Å². The second-order valence-electron chi connectivity index (χ2n) is 2.85. The molecular weight excluding hydrogens is 122 g/mol. The van der Waals surface area contributed by atoms with Gasteiger partial charge in [0.25, 0.3) is 0 Å². The van der Waals surface area contributed by atoms with E-state index in [1.807, 2.05) is 6.20 Å². The van der Waals surface area contributed by atoms with E-state index in [9.17, 15) is 0 Å². The maximum atomic E-state index is 4.25. The molecule has 0 unspecified atom stereocenters. The molecule has 0 aromatic rings. The molecule has 0 aromatic heterocycles. The smallest absolute Gasteiger partial charge is 0.0389 e. The van der Waals surface area contributed by atoms with E-state index in [0.29, 0.717) is 0 Å². The topological polar surface area (TPSA) is 14.1 Å². The fourth-order valence-electron chi connectivity index (χ4n) is 1.22. The number of allylic oxidation sites excluding steroid dienone is 1. The van der Waals surface area contributed by atoms with Crippen molar-refractivity contribution in [3.05, 3.63) is 12.3 Å². The predicted molar refractivity (Wildman–Crippen MR) is 43.8 cm³/mol. The molecule has 0 aliphatic carbocycles. The SMILES string of the molecule is C1=C\[N]CCCCCCC/1. The molecule has 1 heteroatoms. The third-order valence-corrected chi connectivity index (χ3v) is 1.87. The van der Waals surface area contributed by atoms with Crippen LogP contribution in [0.3, 0.4) is 0 Å². The predicted octanol–water partition coefficient (Wildman–Crippen LogP) is 2.46. The lowest BCUT2D eigenvalue weighted by Gasteiger charge is -2.01. The molecule has 1 aliphatic rings. The van der Waals surface area contributed by atoms with Crippen LogP contribution in [0, 0.1) is 0 Å². The average Bonchev–Trinajstić information content (AvgIpc) is 2.01. The molecule has 0 aromatic carbocycles. The van der Waals surface area contributed by atoms with Gasteiger partial charge in [-0.15, -0.1) is 0 Å². The van der Waals surface area contributed by atoms with Gasteiger partial charge in [-0.1, -0.05) is 25.3 Å². The van der Waals surface area contributed by atoms with Gasteiger partial charge in [-0.25, -0.2) is 0 Å². The molecule has 0 N–H and O–H groups in total. The molecule has 0 atom stereocenters. The fourth-order valence-corrected chi connectivity index (χ4v) is 1.22. The van der Waals surface area contributed by atoms with Gasteiger partial charge in [-0.05, 0) is 19.3 Å². The van der Waals surface area contributed by atoms with Crippen LogP contribution in [-0.4, -0.2) is 6.54 Å². The van der Waals surface area contributed by atoms with Gasteiger partial charge in [0, 0.05) is 12.7 Å². The van der Waals surface area contributed by atoms with Crippen LogP contribution < -0.4 is 5.32 Å². The molecule has 10 heavy (non-hydrogen) atoms. The van der Waals surface area contributed by atoms with Crippen molar-refractivity contribution in [1.82, 2.24) is 5.32 Å². The van der Waals surface area contributed by atoms with E-state index in [1.54, 1.807) is 0 Å². The Labute approximate surface area is 63.5 Å². The van der Waals surface area contributed by atoms with Crippen molar-refractivity contribution >= 4 is 0 Å². The molecule has 57 valence electrons. The van der Waals surface area contributed by atoms with Crippen LogP contribution >= 0.6 is 0 Å². The van der Waals surface area contributed by atoms with Gasteiger partial charge in [-0.2, -0.15) is 0 Å².